The molecule has 2 saturated heterocycles. The van der Waals surface area contributed by atoms with Crippen LogP contribution in [0.15, 0.2) is 42.7 Å². The first-order valence-electron chi connectivity index (χ1n) is 14.2. The molecule has 0 saturated carbocycles. The largest absolute Gasteiger partial charge is 0.395 e. The van der Waals surface area contributed by atoms with Crippen LogP contribution in [0.2, 0.25) is 0 Å². The predicted molar refractivity (Wildman–Crippen MR) is 154 cm³/mol. The number of piperidine rings is 2. The van der Waals surface area contributed by atoms with Crippen LogP contribution in [-0.4, -0.2) is 84.8 Å². The fourth-order valence-electron chi connectivity index (χ4n) is 6.05. The second-order valence-corrected chi connectivity index (χ2v) is 12.8. The summed E-state index contributed by atoms with van der Waals surface area (Å²) in [6.45, 7) is 3.95. The second kappa shape index (κ2) is 11.7. The maximum atomic E-state index is 12.4. The van der Waals surface area contributed by atoms with Crippen LogP contribution in [0.1, 0.15) is 38.5 Å². The number of anilines is 3. The Hall–Kier alpha value is -3.22. The van der Waals surface area contributed by atoms with E-state index >= 15 is 0 Å². The average molecular weight is 568 g/mol. The van der Waals surface area contributed by atoms with Crippen LogP contribution in [0.4, 0.5) is 17.2 Å². The molecule has 0 radical (unpaired) electrons. The summed E-state index contributed by atoms with van der Waals surface area (Å²) in [6, 6.07) is 9.48. The second-order valence-electron chi connectivity index (χ2n) is 11.0. The summed E-state index contributed by atoms with van der Waals surface area (Å²) in [7, 11) is -3.65. The van der Waals surface area contributed by atoms with Crippen LogP contribution in [-0.2, 0) is 14.8 Å². The number of aliphatic hydroxyl groups is 1. The molecule has 214 valence electrons. The summed E-state index contributed by atoms with van der Waals surface area (Å²) >= 11 is 0. The van der Waals surface area contributed by atoms with Crippen molar-refractivity contribution in [2.75, 3.05) is 59.7 Å². The summed E-state index contributed by atoms with van der Waals surface area (Å²) in [5, 5.41) is 18.1. The van der Waals surface area contributed by atoms with Gasteiger partial charge in [-0.05, 0) is 68.7 Å². The number of pyridine rings is 1. The predicted octanol–water partition coefficient (Wildman–Crippen LogP) is 3.06. The Morgan fingerprint density at radius 2 is 1.88 bits per heavy atom. The first-order valence-corrected chi connectivity index (χ1v) is 15.9. The van der Waals surface area contributed by atoms with Crippen LogP contribution < -0.4 is 14.5 Å². The van der Waals surface area contributed by atoms with Crippen LogP contribution in [0.3, 0.4) is 0 Å². The molecule has 4 aliphatic rings. The van der Waals surface area contributed by atoms with E-state index in [1.165, 1.54) is 6.42 Å². The van der Waals surface area contributed by atoms with E-state index in [1.807, 2.05) is 30.6 Å². The van der Waals surface area contributed by atoms with Crippen LogP contribution in [0, 0.1) is 5.92 Å². The van der Waals surface area contributed by atoms with Gasteiger partial charge in [0.05, 0.1) is 36.0 Å². The van der Waals surface area contributed by atoms with Gasteiger partial charge in [0, 0.05) is 56.3 Å². The molecular formula is C28H37N7O4S. The average Bonchev–Trinajstić information content (AvgIpc) is 3.46. The number of aliphatic hydroxyl groups excluding tert-OH is 1. The highest BCUT2D eigenvalue weighted by Gasteiger charge is 2.25. The molecule has 2 aromatic heterocycles. The highest BCUT2D eigenvalue weighted by atomic mass is 32.2. The molecule has 12 heteroatoms. The van der Waals surface area contributed by atoms with Gasteiger partial charge in [-0.1, -0.05) is 5.21 Å². The minimum absolute atomic E-state index is 0.224. The zero-order valence-electron chi connectivity index (χ0n) is 22.7. The molecule has 6 heterocycles. The highest BCUT2D eigenvalue weighted by Crippen LogP contribution is 2.35. The lowest BCUT2D eigenvalue weighted by Gasteiger charge is -2.35. The van der Waals surface area contributed by atoms with Gasteiger partial charge in [-0.15, -0.1) is 5.10 Å². The van der Waals surface area contributed by atoms with Crippen molar-refractivity contribution in [3.63, 3.8) is 0 Å². The number of ether oxygens (including phenoxy) is 1. The van der Waals surface area contributed by atoms with Gasteiger partial charge in [0.25, 0.3) is 0 Å². The maximum absolute atomic E-state index is 12.4. The van der Waals surface area contributed by atoms with Gasteiger partial charge < -0.3 is 19.6 Å². The standard InChI is InChI=1S/C28H37N7O4S/c36-14-16-40(37,38)31-22-5-6-25-26-20-35(32-30-26)23-7-10-29-28(18-23)34-11-1-3-21(19-34)4-2-15-39-24-8-12-33(13-9-24)27(25)17-22/h5-7,10,17-18,20-21,24,31,36H,1-4,8-9,11-16,19H2. The number of nitrogens with one attached hydrogen (secondary N) is 1. The van der Waals surface area contributed by atoms with Crippen LogP contribution in [0.5, 0.6) is 0 Å². The molecular weight excluding hydrogens is 530 g/mol. The summed E-state index contributed by atoms with van der Waals surface area (Å²) in [5.41, 5.74) is 3.82. The number of sulfonamides is 1. The van der Waals surface area contributed by atoms with E-state index in [0.29, 0.717) is 17.3 Å². The summed E-state index contributed by atoms with van der Waals surface area (Å²) in [5.74, 6) is 1.24. The number of rotatable bonds is 4. The van der Waals surface area contributed by atoms with Gasteiger partial charge in [-0.2, -0.15) is 0 Å². The number of hydrogen-bond donors (Lipinski definition) is 2. The first-order chi connectivity index (χ1) is 19.5. The number of hydrogen-bond acceptors (Lipinski definition) is 9. The summed E-state index contributed by atoms with van der Waals surface area (Å²) in [4.78, 5) is 9.33. The third-order valence-corrected chi connectivity index (χ3v) is 9.40. The number of nitrogens with zero attached hydrogens (tertiary/aromatic N) is 6. The third-order valence-electron chi connectivity index (χ3n) is 8.13. The highest BCUT2D eigenvalue weighted by molar-refractivity contribution is 7.92. The Balaban J connectivity index is 1.37. The lowest BCUT2D eigenvalue weighted by molar-refractivity contribution is 0.0330. The summed E-state index contributed by atoms with van der Waals surface area (Å²) < 4.78 is 35.4. The van der Waals surface area contributed by atoms with E-state index in [9.17, 15) is 8.42 Å². The van der Waals surface area contributed by atoms with Crippen LogP contribution in [0.25, 0.3) is 16.9 Å². The Morgan fingerprint density at radius 3 is 2.73 bits per heavy atom. The minimum atomic E-state index is -3.65. The van der Waals surface area contributed by atoms with Crippen molar-refractivity contribution in [2.45, 2.75) is 44.6 Å². The van der Waals surface area contributed by atoms with E-state index in [0.717, 1.165) is 87.6 Å². The lowest BCUT2D eigenvalue weighted by Crippen LogP contribution is -2.37. The van der Waals surface area contributed by atoms with Crippen molar-refractivity contribution in [3.8, 4) is 16.9 Å². The normalized spacial score (nSPS) is 21.7. The maximum Gasteiger partial charge on any atom is 0.234 e. The van der Waals surface area contributed by atoms with Crippen molar-refractivity contribution in [2.24, 2.45) is 5.92 Å². The van der Waals surface area contributed by atoms with Crippen molar-refractivity contribution in [3.05, 3.63) is 42.7 Å². The summed E-state index contributed by atoms with van der Waals surface area (Å²) in [6.07, 6.45) is 10.4. The first kappa shape index (κ1) is 27.0. The molecule has 11 nitrogen and oxygen atoms in total. The topological polar surface area (TPSA) is 126 Å². The Labute approximate surface area is 235 Å². The molecule has 7 rings (SSSR count). The zero-order valence-corrected chi connectivity index (χ0v) is 23.5. The van der Waals surface area contributed by atoms with Crippen molar-refractivity contribution < 1.29 is 18.3 Å². The number of aromatic nitrogens is 4. The SMILES string of the molecule is O=S(=O)(CCO)Nc1ccc2c(c1)N1CCC(CC1)OCCCC1CCCN(C1)c1cc(ccn1)-n1cc-2nn1. The Bertz CT molecular complexity index is 1420. The number of benzene rings is 1. The molecule has 1 unspecified atom stereocenters. The lowest BCUT2D eigenvalue weighted by atomic mass is 9.93. The smallest absolute Gasteiger partial charge is 0.234 e. The van der Waals surface area contributed by atoms with Crippen molar-refractivity contribution in [1.82, 2.24) is 20.0 Å². The molecule has 0 aliphatic carbocycles. The van der Waals surface area contributed by atoms with Gasteiger partial charge >= 0.3 is 0 Å². The molecule has 2 fully saturated rings. The number of fused-ring (bicyclic) bond motifs is 5. The van der Waals surface area contributed by atoms with E-state index < -0.39 is 16.6 Å². The monoisotopic (exact) mass is 567 g/mol. The van der Waals surface area contributed by atoms with Gasteiger partial charge in [-0.25, -0.2) is 18.1 Å². The van der Waals surface area contributed by atoms with Crippen molar-refractivity contribution in [1.29, 1.82) is 0 Å². The fraction of sp³-hybridized carbons (Fsp3) is 0.536. The molecule has 3 aromatic rings. The Kier molecular flexibility index (Phi) is 7.90. The van der Waals surface area contributed by atoms with E-state index in [1.54, 1.807) is 10.7 Å². The van der Waals surface area contributed by atoms with E-state index in [2.05, 4.69) is 35.9 Å². The zero-order chi connectivity index (χ0) is 27.5. The van der Waals surface area contributed by atoms with Gasteiger partial charge in [0.15, 0.2) is 0 Å². The molecule has 1 atom stereocenters. The van der Waals surface area contributed by atoms with Crippen molar-refractivity contribution >= 4 is 27.2 Å². The molecule has 2 N–H and O–H groups in total. The fourth-order valence-corrected chi connectivity index (χ4v) is 6.88. The Morgan fingerprint density at radius 1 is 1.02 bits per heavy atom. The molecule has 1 aromatic carbocycles. The minimum Gasteiger partial charge on any atom is -0.395 e. The molecule has 40 heavy (non-hydrogen) atoms. The van der Waals surface area contributed by atoms with E-state index in [-0.39, 0.29) is 11.9 Å². The molecule has 8 bridgehead atoms. The van der Waals surface area contributed by atoms with Crippen LogP contribution >= 0.6 is 0 Å². The quantitative estimate of drug-likeness (QED) is 0.489. The van der Waals surface area contributed by atoms with E-state index in [4.69, 9.17) is 9.84 Å². The third kappa shape index (κ3) is 6.08. The molecule has 4 aliphatic heterocycles. The van der Waals surface area contributed by atoms with Gasteiger partial charge in [0.1, 0.15) is 11.5 Å². The van der Waals surface area contributed by atoms with Gasteiger partial charge in [0.2, 0.25) is 10.0 Å². The molecule has 0 amide bonds. The molecule has 0 spiro atoms. The van der Waals surface area contributed by atoms with Gasteiger partial charge in [-0.3, -0.25) is 4.72 Å².